The molecule has 2 aromatic carbocycles. The zero-order valence-corrected chi connectivity index (χ0v) is 18.1. The van der Waals surface area contributed by atoms with Crippen molar-refractivity contribution in [2.24, 2.45) is 0 Å². The zero-order chi connectivity index (χ0) is 22.7. The van der Waals surface area contributed by atoms with E-state index in [9.17, 15) is 14.4 Å². The van der Waals surface area contributed by atoms with E-state index in [1.165, 1.54) is 0 Å². The summed E-state index contributed by atoms with van der Waals surface area (Å²) in [6.07, 6.45) is -0.408. The van der Waals surface area contributed by atoms with Crippen molar-refractivity contribution in [1.82, 2.24) is 10.6 Å². The van der Waals surface area contributed by atoms with Gasteiger partial charge in [-0.05, 0) is 50.6 Å². The summed E-state index contributed by atoms with van der Waals surface area (Å²) in [4.78, 5) is 35.4. The van der Waals surface area contributed by atoms with Crippen LogP contribution >= 0.6 is 0 Å². The van der Waals surface area contributed by atoms with E-state index < -0.39 is 11.7 Å². The molecule has 3 N–H and O–H groups in total. The Hall–Kier alpha value is -3.55. The molecule has 0 aliphatic heterocycles. The molecule has 31 heavy (non-hydrogen) atoms. The van der Waals surface area contributed by atoms with Gasteiger partial charge in [-0.25, -0.2) is 4.79 Å². The Morgan fingerprint density at radius 2 is 1.55 bits per heavy atom. The highest BCUT2D eigenvalue weighted by atomic mass is 16.6. The number of carbonyl (C=O) groups excluding carboxylic acids is 3. The maximum Gasteiger partial charge on any atom is 0.408 e. The molecule has 2 rings (SSSR count). The summed E-state index contributed by atoms with van der Waals surface area (Å²) >= 11 is 0. The molecule has 0 fully saturated rings. The van der Waals surface area contributed by atoms with Gasteiger partial charge in [-0.1, -0.05) is 30.3 Å². The lowest BCUT2D eigenvalue weighted by Gasteiger charge is -2.19. The number of carbonyl (C=O) groups is 3. The summed E-state index contributed by atoms with van der Waals surface area (Å²) < 4.78 is 10.6. The third-order valence-corrected chi connectivity index (χ3v) is 3.86. The van der Waals surface area contributed by atoms with Gasteiger partial charge in [0.05, 0.1) is 13.0 Å². The van der Waals surface area contributed by atoms with Crippen LogP contribution in [-0.4, -0.2) is 36.7 Å². The average molecular weight is 428 g/mol. The maximum absolute atomic E-state index is 12.0. The fourth-order valence-electron chi connectivity index (χ4n) is 2.44. The van der Waals surface area contributed by atoms with Crippen molar-refractivity contribution in [3.63, 3.8) is 0 Å². The lowest BCUT2D eigenvalue weighted by atomic mass is 10.2. The monoisotopic (exact) mass is 427 g/mol. The van der Waals surface area contributed by atoms with Gasteiger partial charge in [0.2, 0.25) is 11.8 Å². The van der Waals surface area contributed by atoms with Crippen molar-refractivity contribution in [2.75, 3.05) is 18.5 Å². The summed E-state index contributed by atoms with van der Waals surface area (Å²) in [7, 11) is 0. The Balaban J connectivity index is 1.66. The summed E-state index contributed by atoms with van der Waals surface area (Å²) in [6.45, 7) is 5.66. The normalized spacial score (nSPS) is 10.7. The SMILES string of the molecule is CC(C)(C)OC(=O)NCC(=O)NCc1ccc(NC(=O)CCOc2ccccc2)cc1. The number of rotatable bonds is 9. The predicted molar refractivity (Wildman–Crippen MR) is 118 cm³/mol. The van der Waals surface area contributed by atoms with Crippen molar-refractivity contribution in [2.45, 2.75) is 39.3 Å². The molecule has 0 atom stereocenters. The van der Waals surface area contributed by atoms with Crippen LogP contribution in [0.5, 0.6) is 5.75 Å². The molecule has 0 bridgehead atoms. The molecule has 0 heterocycles. The number of hydrogen-bond acceptors (Lipinski definition) is 5. The van der Waals surface area contributed by atoms with Crippen LogP contribution in [0.25, 0.3) is 0 Å². The second kappa shape index (κ2) is 11.6. The molecule has 0 aliphatic rings. The molecule has 8 heteroatoms. The lowest BCUT2D eigenvalue weighted by Crippen LogP contribution is -2.39. The number of para-hydroxylation sites is 1. The lowest BCUT2D eigenvalue weighted by molar-refractivity contribution is -0.120. The van der Waals surface area contributed by atoms with E-state index in [1.807, 2.05) is 30.3 Å². The smallest absolute Gasteiger partial charge is 0.408 e. The molecule has 3 amide bonds. The topological polar surface area (TPSA) is 106 Å². The number of benzene rings is 2. The van der Waals surface area contributed by atoms with Gasteiger partial charge >= 0.3 is 6.09 Å². The van der Waals surface area contributed by atoms with Crippen molar-refractivity contribution in [1.29, 1.82) is 0 Å². The molecule has 0 aromatic heterocycles. The number of hydrogen-bond donors (Lipinski definition) is 3. The van der Waals surface area contributed by atoms with Crippen molar-refractivity contribution in [3.8, 4) is 5.75 Å². The molecule has 0 spiro atoms. The van der Waals surface area contributed by atoms with E-state index in [1.54, 1.807) is 45.0 Å². The van der Waals surface area contributed by atoms with Crippen LogP contribution in [-0.2, 0) is 20.9 Å². The summed E-state index contributed by atoms with van der Waals surface area (Å²) in [6, 6.07) is 16.4. The third kappa shape index (κ3) is 10.2. The van der Waals surface area contributed by atoms with Crippen LogP contribution in [0.15, 0.2) is 54.6 Å². The number of alkyl carbamates (subject to hydrolysis) is 1. The Bertz CT molecular complexity index is 861. The van der Waals surface area contributed by atoms with Gasteiger partial charge in [-0.3, -0.25) is 9.59 Å². The molecule has 0 radical (unpaired) electrons. The van der Waals surface area contributed by atoms with Crippen LogP contribution in [0.1, 0.15) is 32.8 Å². The second-order valence-electron chi connectivity index (χ2n) is 7.79. The van der Waals surface area contributed by atoms with Gasteiger partial charge in [0, 0.05) is 12.2 Å². The Morgan fingerprint density at radius 3 is 2.19 bits per heavy atom. The third-order valence-electron chi connectivity index (χ3n) is 3.86. The largest absolute Gasteiger partial charge is 0.493 e. The molecule has 8 nitrogen and oxygen atoms in total. The molecular weight excluding hydrogens is 398 g/mol. The van der Waals surface area contributed by atoms with E-state index in [0.717, 1.165) is 11.3 Å². The fourth-order valence-corrected chi connectivity index (χ4v) is 2.44. The first kappa shape index (κ1) is 23.7. The van der Waals surface area contributed by atoms with Gasteiger partial charge in [-0.15, -0.1) is 0 Å². The molecule has 0 aliphatic carbocycles. The van der Waals surface area contributed by atoms with Crippen LogP contribution in [0.2, 0.25) is 0 Å². The maximum atomic E-state index is 12.0. The first-order chi connectivity index (χ1) is 14.7. The highest BCUT2D eigenvalue weighted by Gasteiger charge is 2.16. The van der Waals surface area contributed by atoms with E-state index in [0.29, 0.717) is 12.2 Å². The van der Waals surface area contributed by atoms with E-state index >= 15 is 0 Å². The quantitative estimate of drug-likeness (QED) is 0.570. The zero-order valence-electron chi connectivity index (χ0n) is 18.1. The van der Waals surface area contributed by atoms with E-state index in [2.05, 4.69) is 16.0 Å². The average Bonchev–Trinajstić information content (AvgIpc) is 2.71. The summed E-state index contributed by atoms with van der Waals surface area (Å²) in [5.41, 5.74) is 0.898. The minimum atomic E-state index is -0.642. The summed E-state index contributed by atoms with van der Waals surface area (Å²) in [5.74, 6) is 0.245. The first-order valence-corrected chi connectivity index (χ1v) is 10.0. The highest BCUT2D eigenvalue weighted by Crippen LogP contribution is 2.11. The Morgan fingerprint density at radius 1 is 0.871 bits per heavy atom. The van der Waals surface area contributed by atoms with Gasteiger partial charge in [0.25, 0.3) is 0 Å². The number of ether oxygens (including phenoxy) is 2. The molecule has 0 saturated carbocycles. The molecule has 0 saturated heterocycles. The highest BCUT2D eigenvalue weighted by molar-refractivity contribution is 5.90. The number of amides is 3. The van der Waals surface area contributed by atoms with Crippen molar-refractivity contribution in [3.05, 3.63) is 60.2 Å². The fraction of sp³-hybridized carbons (Fsp3) is 0.348. The minimum Gasteiger partial charge on any atom is -0.493 e. The first-order valence-electron chi connectivity index (χ1n) is 10.0. The molecule has 166 valence electrons. The van der Waals surface area contributed by atoms with Crippen LogP contribution in [0.3, 0.4) is 0 Å². The van der Waals surface area contributed by atoms with Crippen molar-refractivity contribution < 1.29 is 23.9 Å². The standard InChI is InChI=1S/C23H29N3O5/c1-23(2,3)31-22(29)25-16-21(28)24-15-17-9-11-18(12-10-17)26-20(27)13-14-30-19-7-5-4-6-8-19/h4-12H,13-16H2,1-3H3,(H,24,28)(H,25,29)(H,26,27). The number of nitrogens with one attached hydrogen (secondary N) is 3. The van der Waals surface area contributed by atoms with Crippen molar-refractivity contribution >= 4 is 23.6 Å². The van der Waals surface area contributed by atoms with Gasteiger partial charge in [0.1, 0.15) is 17.9 Å². The number of anilines is 1. The van der Waals surface area contributed by atoms with Gasteiger partial charge in [-0.2, -0.15) is 0 Å². The van der Waals surface area contributed by atoms with E-state index in [4.69, 9.17) is 9.47 Å². The summed E-state index contributed by atoms with van der Waals surface area (Å²) in [5, 5.41) is 7.91. The van der Waals surface area contributed by atoms with Crippen LogP contribution in [0, 0.1) is 0 Å². The van der Waals surface area contributed by atoms with Gasteiger partial charge < -0.3 is 25.4 Å². The second-order valence-corrected chi connectivity index (χ2v) is 7.79. The Kier molecular flexibility index (Phi) is 8.87. The molecular formula is C23H29N3O5. The minimum absolute atomic E-state index is 0.148. The van der Waals surface area contributed by atoms with E-state index in [-0.39, 0.29) is 31.4 Å². The predicted octanol–water partition coefficient (Wildman–Crippen LogP) is 3.24. The molecule has 2 aromatic rings. The molecule has 0 unspecified atom stereocenters. The van der Waals surface area contributed by atoms with Gasteiger partial charge in [0.15, 0.2) is 0 Å². The van der Waals surface area contributed by atoms with Crippen LogP contribution < -0.4 is 20.7 Å². The van der Waals surface area contributed by atoms with Crippen LogP contribution in [0.4, 0.5) is 10.5 Å². The Labute approximate surface area is 182 Å².